The van der Waals surface area contributed by atoms with Gasteiger partial charge in [0.2, 0.25) is 0 Å². The molecule has 5 nitrogen and oxygen atoms in total. The summed E-state index contributed by atoms with van der Waals surface area (Å²) in [5.41, 5.74) is 4.79. The minimum Gasteiger partial charge on any atom is -0.481 e. The number of ketones is 1. The molecule has 0 saturated carbocycles. The number of carboxylic acid groups (broad SMARTS) is 1. The van der Waals surface area contributed by atoms with E-state index in [1.807, 2.05) is 36.5 Å². The number of para-hydroxylation sites is 1. The van der Waals surface area contributed by atoms with Crippen molar-refractivity contribution in [3.63, 3.8) is 0 Å². The number of hydrogen-bond acceptors (Lipinski definition) is 3. The second-order valence-electron chi connectivity index (χ2n) is 8.48. The molecule has 0 aliphatic heterocycles. The van der Waals surface area contributed by atoms with Gasteiger partial charge in [0.15, 0.2) is 5.78 Å². The zero-order chi connectivity index (χ0) is 21.4. The molecule has 2 aromatic carbocycles. The Morgan fingerprint density at radius 3 is 2.84 bits per heavy atom. The molecule has 0 amide bonds. The second-order valence-corrected chi connectivity index (χ2v) is 8.48. The maximum absolute atomic E-state index is 12.8. The molecule has 31 heavy (non-hydrogen) atoms. The second kappa shape index (κ2) is 8.06. The number of aryl methyl sites for hydroxylation is 3. The van der Waals surface area contributed by atoms with E-state index in [4.69, 9.17) is 4.42 Å². The highest BCUT2D eigenvalue weighted by Gasteiger charge is 2.24. The maximum atomic E-state index is 12.8. The van der Waals surface area contributed by atoms with E-state index in [1.165, 1.54) is 16.5 Å². The van der Waals surface area contributed by atoms with Crippen LogP contribution in [-0.2, 0) is 24.1 Å². The summed E-state index contributed by atoms with van der Waals surface area (Å²) in [6.45, 7) is 0. The summed E-state index contributed by atoms with van der Waals surface area (Å²) in [5, 5.41) is 11.9. The SMILES string of the molecule is O=C(CC(CCCc1c[nH]c2ccccc12)C(=O)O)c1ccc2c3c(oc2c1)CCC3. The number of aromatic amines is 1. The molecule has 2 N–H and O–H groups in total. The van der Waals surface area contributed by atoms with Crippen LogP contribution in [-0.4, -0.2) is 21.8 Å². The van der Waals surface area contributed by atoms with E-state index < -0.39 is 11.9 Å². The number of fused-ring (bicyclic) bond motifs is 4. The van der Waals surface area contributed by atoms with Crippen LogP contribution in [0.25, 0.3) is 21.9 Å². The Bertz CT molecular complexity index is 1280. The Hall–Kier alpha value is -3.34. The number of benzene rings is 2. The van der Waals surface area contributed by atoms with Crippen molar-refractivity contribution in [3.8, 4) is 0 Å². The molecule has 5 heteroatoms. The largest absolute Gasteiger partial charge is 0.481 e. The summed E-state index contributed by atoms with van der Waals surface area (Å²) in [4.78, 5) is 27.9. The molecule has 2 aromatic heterocycles. The number of rotatable bonds is 8. The van der Waals surface area contributed by atoms with Crippen LogP contribution in [0.5, 0.6) is 0 Å². The first-order valence-electron chi connectivity index (χ1n) is 11.0. The number of furan rings is 1. The Labute approximate surface area is 180 Å². The minimum atomic E-state index is -0.912. The van der Waals surface area contributed by atoms with Gasteiger partial charge in [0.05, 0.1) is 5.92 Å². The van der Waals surface area contributed by atoms with Gasteiger partial charge in [-0.15, -0.1) is 0 Å². The molecule has 0 radical (unpaired) electrons. The first-order valence-corrected chi connectivity index (χ1v) is 11.0. The lowest BCUT2D eigenvalue weighted by atomic mass is 9.92. The first-order chi connectivity index (χ1) is 15.1. The van der Waals surface area contributed by atoms with Crippen molar-refractivity contribution >= 4 is 33.6 Å². The molecule has 2 heterocycles. The average Bonchev–Trinajstić information content (AvgIpc) is 3.47. The fraction of sp³-hybridized carbons (Fsp3) is 0.308. The molecular formula is C26H25NO4. The summed E-state index contributed by atoms with van der Waals surface area (Å²) >= 11 is 0. The van der Waals surface area contributed by atoms with E-state index in [0.717, 1.165) is 54.4 Å². The summed E-state index contributed by atoms with van der Waals surface area (Å²) in [7, 11) is 0. The highest BCUT2D eigenvalue weighted by Crippen LogP contribution is 2.33. The number of carbonyl (C=O) groups is 2. The van der Waals surface area contributed by atoms with E-state index in [1.54, 1.807) is 6.07 Å². The molecule has 1 aliphatic carbocycles. The van der Waals surface area contributed by atoms with Crippen LogP contribution < -0.4 is 0 Å². The van der Waals surface area contributed by atoms with Crippen LogP contribution in [0, 0.1) is 5.92 Å². The zero-order valence-electron chi connectivity index (χ0n) is 17.3. The third-order valence-electron chi connectivity index (χ3n) is 6.48. The van der Waals surface area contributed by atoms with Gasteiger partial charge in [-0.05, 0) is 49.8 Å². The molecule has 0 saturated heterocycles. The number of carbonyl (C=O) groups excluding carboxylic acids is 1. The van der Waals surface area contributed by atoms with Crippen LogP contribution >= 0.6 is 0 Å². The number of carboxylic acids is 1. The number of aliphatic carboxylic acids is 1. The standard InChI is InChI=1S/C26H25NO4/c28-23(16-11-12-21-20-8-4-10-24(20)31-25(21)14-16)13-17(26(29)30)5-3-6-18-15-27-22-9-2-1-7-19(18)22/h1-2,7,9,11-12,14-15,17,27H,3-6,8,10,13H2,(H,29,30). The third kappa shape index (κ3) is 3.76. The van der Waals surface area contributed by atoms with Crippen molar-refractivity contribution in [2.45, 2.75) is 44.9 Å². The van der Waals surface area contributed by atoms with Crippen LogP contribution in [0.2, 0.25) is 0 Å². The van der Waals surface area contributed by atoms with Gasteiger partial charge in [-0.25, -0.2) is 0 Å². The highest BCUT2D eigenvalue weighted by atomic mass is 16.4. The van der Waals surface area contributed by atoms with Crippen LogP contribution in [0.4, 0.5) is 0 Å². The van der Waals surface area contributed by atoms with Crippen LogP contribution in [0.3, 0.4) is 0 Å². The smallest absolute Gasteiger partial charge is 0.306 e. The van der Waals surface area contributed by atoms with E-state index in [-0.39, 0.29) is 12.2 Å². The van der Waals surface area contributed by atoms with Crippen molar-refractivity contribution in [2.24, 2.45) is 5.92 Å². The van der Waals surface area contributed by atoms with Crippen molar-refractivity contribution in [1.82, 2.24) is 4.98 Å². The number of hydrogen-bond donors (Lipinski definition) is 2. The van der Waals surface area contributed by atoms with Gasteiger partial charge >= 0.3 is 5.97 Å². The van der Waals surface area contributed by atoms with Crippen LogP contribution in [0.15, 0.2) is 53.1 Å². The first kappa shape index (κ1) is 19.6. The van der Waals surface area contributed by atoms with Gasteiger partial charge in [0.1, 0.15) is 11.3 Å². The third-order valence-corrected chi connectivity index (χ3v) is 6.48. The summed E-state index contributed by atoms with van der Waals surface area (Å²) < 4.78 is 5.92. The molecule has 5 rings (SSSR count). The molecule has 0 spiro atoms. The van der Waals surface area contributed by atoms with Crippen molar-refractivity contribution in [2.75, 3.05) is 0 Å². The van der Waals surface area contributed by atoms with Gasteiger partial charge in [-0.3, -0.25) is 9.59 Å². The van der Waals surface area contributed by atoms with Gasteiger partial charge in [-0.1, -0.05) is 30.3 Å². The highest BCUT2D eigenvalue weighted by molar-refractivity contribution is 6.01. The lowest BCUT2D eigenvalue weighted by Crippen LogP contribution is -2.18. The van der Waals surface area contributed by atoms with E-state index in [0.29, 0.717) is 12.0 Å². The molecule has 0 bridgehead atoms. The monoisotopic (exact) mass is 415 g/mol. The quantitative estimate of drug-likeness (QED) is 0.362. The molecular weight excluding hydrogens is 390 g/mol. The predicted octanol–water partition coefficient (Wildman–Crippen LogP) is 5.70. The Morgan fingerprint density at radius 1 is 1.10 bits per heavy atom. The van der Waals surface area contributed by atoms with E-state index in [9.17, 15) is 14.7 Å². The molecule has 1 aliphatic rings. The summed E-state index contributed by atoms with van der Waals surface area (Å²) in [5.74, 6) is -0.710. The lowest BCUT2D eigenvalue weighted by Gasteiger charge is -2.11. The molecule has 158 valence electrons. The Kier molecular flexibility index (Phi) is 5.10. The fourth-order valence-corrected chi connectivity index (χ4v) is 4.81. The number of H-pyrrole nitrogens is 1. The predicted molar refractivity (Wildman–Crippen MR) is 120 cm³/mol. The van der Waals surface area contributed by atoms with Gasteiger partial charge < -0.3 is 14.5 Å². The molecule has 1 unspecified atom stereocenters. The van der Waals surface area contributed by atoms with E-state index >= 15 is 0 Å². The van der Waals surface area contributed by atoms with E-state index in [2.05, 4.69) is 11.1 Å². The molecule has 0 fully saturated rings. The van der Waals surface area contributed by atoms with Crippen molar-refractivity contribution in [3.05, 3.63) is 71.1 Å². The normalized spacial score (nSPS) is 14.2. The minimum absolute atomic E-state index is 0.00907. The van der Waals surface area contributed by atoms with Gasteiger partial charge in [0, 0.05) is 46.5 Å². The van der Waals surface area contributed by atoms with Crippen molar-refractivity contribution < 1.29 is 19.1 Å². The number of nitrogens with one attached hydrogen (secondary N) is 1. The number of Topliss-reactive ketones (excluding diaryl/α,β-unsaturated/α-hetero) is 1. The summed E-state index contributed by atoms with van der Waals surface area (Å²) in [6, 6.07) is 13.6. The number of aromatic nitrogens is 1. The average molecular weight is 415 g/mol. The Balaban J connectivity index is 1.25. The van der Waals surface area contributed by atoms with Gasteiger partial charge in [-0.2, -0.15) is 0 Å². The zero-order valence-corrected chi connectivity index (χ0v) is 17.3. The molecule has 1 atom stereocenters. The Morgan fingerprint density at radius 2 is 1.97 bits per heavy atom. The van der Waals surface area contributed by atoms with Gasteiger partial charge in [0.25, 0.3) is 0 Å². The lowest BCUT2D eigenvalue weighted by molar-refractivity contribution is -0.141. The molecule has 4 aromatic rings. The topological polar surface area (TPSA) is 83.3 Å². The fourth-order valence-electron chi connectivity index (χ4n) is 4.81. The summed E-state index contributed by atoms with van der Waals surface area (Å²) in [6.07, 6.45) is 7.05. The van der Waals surface area contributed by atoms with Crippen LogP contribution in [0.1, 0.15) is 52.9 Å². The van der Waals surface area contributed by atoms with Crippen molar-refractivity contribution in [1.29, 1.82) is 0 Å². The maximum Gasteiger partial charge on any atom is 0.306 e.